The molecule has 3 aliphatic rings. The van der Waals surface area contributed by atoms with E-state index in [1.54, 1.807) is 12.2 Å². The fourth-order valence-corrected chi connectivity index (χ4v) is 11.6. The minimum absolute atomic E-state index is 0.00844. The molecule has 0 aromatic rings. The Morgan fingerprint density at radius 1 is 0.411 bits per heavy atom. The summed E-state index contributed by atoms with van der Waals surface area (Å²) >= 11 is 0. The zero-order valence-electron chi connectivity index (χ0n) is 55.1. The van der Waals surface area contributed by atoms with Crippen LogP contribution in [-0.2, 0) is 33.2 Å². The van der Waals surface area contributed by atoms with Crippen molar-refractivity contribution in [2.24, 2.45) is 0 Å². The molecule has 3 fully saturated rings. The lowest BCUT2D eigenvalue weighted by molar-refractivity contribution is -0.379. The molecule has 19 heteroatoms. The van der Waals surface area contributed by atoms with Gasteiger partial charge in [-0.2, -0.15) is 0 Å². The molecule has 0 aliphatic carbocycles. The molecule has 0 spiro atoms. The van der Waals surface area contributed by atoms with E-state index in [-0.39, 0.29) is 6.42 Å². The molecule has 522 valence electrons. The molecule has 3 heterocycles. The number of ether oxygens (including phenoxy) is 6. The maximum absolute atomic E-state index is 13.3. The van der Waals surface area contributed by atoms with Gasteiger partial charge in [-0.05, 0) is 44.9 Å². The molecule has 0 radical (unpaired) electrons. The van der Waals surface area contributed by atoms with Crippen molar-refractivity contribution in [2.45, 2.75) is 343 Å². The number of carbonyl (C=O) groups excluding carboxylic acids is 1. The second kappa shape index (κ2) is 52.5. The van der Waals surface area contributed by atoms with Gasteiger partial charge in [-0.1, -0.05) is 260 Å². The van der Waals surface area contributed by atoms with Crippen LogP contribution in [0.3, 0.4) is 0 Å². The summed E-state index contributed by atoms with van der Waals surface area (Å²) in [5.74, 6) is -0.403. The van der Waals surface area contributed by atoms with Crippen LogP contribution >= 0.6 is 0 Å². The van der Waals surface area contributed by atoms with Gasteiger partial charge >= 0.3 is 0 Å². The fraction of sp³-hybridized carbons (Fsp3) is 0.817. The lowest BCUT2D eigenvalue weighted by Gasteiger charge is -2.48. The first-order valence-corrected chi connectivity index (χ1v) is 35.2. The first-order chi connectivity index (χ1) is 43.8. The maximum Gasteiger partial charge on any atom is 0.224 e. The highest BCUT2D eigenvalue weighted by molar-refractivity contribution is 5.77. The van der Waals surface area contributed by atoms with Gasteiger partial charge < -0.3 is 89.9 Å². The lowest BCUT2D eigenvalue weighted by atomic mass is 9.96. The average Bonchev–Trinajstić information content (AvgIpc) is 0.866. The Morgan fingerprint density at radius 2 is 0.756 bits per heavy atom. The Kier molecular flexibility index (Phi) is 47.5. The molecule has 3 aliphatic heterocycles. The fourth-order valence-electron chi connectivity index (χ4n) is 11.6. The summed E-state index contributed by atoms with van der Waals surface area (Å²) in [7, 11) is 0. The van der Waals surface area contributed by atoms with Gasteiger partial charge in [0.1, 0.15) is 73.2 Å². The molecule has 3 saturated heterocycles. The van der Waals surface area contributed by atoms with Crippen molar-refractivity contribution >= 4 is 5.91 Å². The van der Waals surface area contributed by atoms with Gasteiger partial charge in [-0.3, -0.25) is 4.79 Å². The zero-order valence-corrected chi connectivity index (χ0v) is 55.1. The average molecular weight is 1280 g/mol. The summed E-state index contributed by atoms with van der Waals surface area (Å²) in [4.78, 5) is 13.3. The molecule has 19 nitrogen and oxygen atoms in total. The highest BCUT2D eigenvalue weighted by atomic mass is 16.8. The van der Waals surface area contributed by atoms with Crippen molar-refractivity contribution in [3.8, 4) is 0 Å². The number of amides is 1. The maximum atomic E-state index is 13.3. The largest absolute Gasteiger partial charge is 0.394 e. The van der Waals surface area contributed by atoms with Crippen molar-refractivity contribution in [1.82, 2.24) is 5.32 Å². The molecule has 3 rings (SSSR count). The summed E-state index contributed by atoms with van der Waals surface area (Å²) in [6, 6.07) is -1.03. The van der Waals surface area contributed by atoms with Crippen LogP contribution in [0.25, 0.3) is 0 Å². The highest BCUT2D eigenvalue weighted by Gasteiger charge is 2.53. The normalized spacial score (nSPS) is 28.5. The van der Waals surface area contributed by atoms with Gasteiger partial charge in [-0.15, -0.1) is 0 Å². The standard InChI is InChI=1S/C71H125NO18/c1-3-5-7-9-11-13-15-17-19-20-21-22-23-24-25-26-27-28-29-30-31-32-33-35-36-38-40-42-44-46-48-55(76)54(72-59(77)49-47-45-43-41-39-37-34-18-16-14-12-10-8-6-4-2)53-85-69-65(83)62(80)67(57(51-74)87-69)90-71-66(84)63(81)68(58(52-75)88-71)89-70-64(82)61(79)60(78)56(50-73)86-70/h6,8,12,14,18,34,39,41,45-48,54-58,60-71,73-76,78-84H,3-5,7,9-11,13,15-17,19-33,35-38,40,42-44,49-53H2,1-2H3,(H,72,77)/b8-6-,14-12-,34-18-,41-39-,47-45-,48-46+. The minimum atomic E-state index is -1.99. The van der Waals surface area contributed by atoms with Crippen LogP contribution in [0.4, 0.5) is 0 Å². The summed E-state index contributed by atoms with van der Waals surface area (Å²) in [5, 5.41) is 120. The summed E-state index contributed by atoms with van der Waals surface area (Å²) in [5.41, 5.74) is 0. The van der Waals surface area contributed by atoms with Crippen LogP contribution in [0.5, 0.6) is 0 Å². The van der Waals surface area contributed by atoms with Gasteiger partial charge in [-0.25, -0.2) is 0 Å². The number of rotatable bonds is 53. The summed E-state index contributed by atoms with van der Waals surface area (Å²) in [6.07, 6.45) is 39.3. The van der Waals surface area contributed by atoms with E-state index in [0.29, 0.717) is 6.42 Å². The van der Waals surface area contributed by atoms with Gasteiger partial charge in [0.15, 0.2) is 18.9 Å². The SMILES string of the molecule is CC/C=C\C/C=C\C/C=C\C/C=C\C/C=C\CC(=O)NC(COC1OC(CO)C(OC2OC(CO)C(OC3OC(CO)C(O)C(O)C3O)C(O)C2O)C(O)C1O)C(O)/C=C/CCCCCCCCCCCCCCCCCCCCCCCCCCCCCC. The first kappa shape index (κ1) is 81.5. The third-order valence-corrected chi connectivity index (χ3v) is 17.3. The molecule has 90 heavy (non-hydrogen) atoms. The highest BCUT2D eigenvalue weighted by Crippen LogP contribution is 2.33. The molecule has 17 unspecified atom stereocenters. The Balaban J connectivity index is 1.42. The topological polar surface area (TPSA) is 307 Å². The van der Waals surface area contributed by atoms with Crippen molar-refractivity contribution in [3.05, 3.63) is 72.9 Å². The predicted octanol–water partition coefficient (Wildman–Crippen LogP) is 9.33. The zero-order chi connectivity index (χ0) is 65.4. The smallest absolute Gasteiger partial charge is 0.224 e. The van der Waals surface area contributed by atoms with Crippen LogP contribution in [0.15, 0.2) is 72.9 Å². The Labute approximate surface area is 540 Å². The first-order valence-electron chi connectivity index (χ1n) is 35.2. The molecular weight excluding hydrogens is 1150 g/mol. The molecular formula is C71H125NO18. The predicted molar refractivity (Wildman–Crippen MR) is 351 cm³/mol. The monoisotopic (exact) mass is 1280 g/mol. The van der Waals surface area contributed by atoms with Crippen LogP contribution in [0.2, 0.25) is 0 Å². The molecule has 1 amide bonds. The second-order valence-electron chi connectivity index (χ2n) is 25.0. The van der Waals surface area contributed by atoms with Crippen LogP contribution in [0.1, 0.15) is 239 Å². The number of carbonyl (C=O) groups is 1. The van der Waals surface area contributed by atoms with Gasteiger partial charge in [0.2, 0.25) is 5.91 Å². The van der Waals surface area contributed by atoms with Crippen molar-refractivity contribution in [3.63, 3.8) is 0 Å². The third kappa shape index (κ3) is 34.1. The van der Waals surface area contributed by atoms with Gasteiger partial charge in [0.05, 0.1) is 38.6 Å². The van der Waals surface area contributed by atoms with E-state index in [2.05, 4.69) is 61.7 Å². The number of aliphatic hydroxyl groups is 11. The quantitative estimate of drug-likeness (QED) is 0.0199. The van der Waals surface area contributed by atoms with E-state index in [4.69, 9.17) is 28.4 Å². The Hall–Kier alpha value is -2.77. The molecule has 0 bridgehead atoms. The number of aliphatic hydroxyl groups excluding tert-OH is 11. The van der Waals surface area contributed by atoms with Crippen LogP contribution in [-0.4, -0.2) is 193 Å². The molecule has 0 aromatic heterocycles. The molecule has 12 N–H and O–H groups in total. The van der Waals surface area contributed by atoms with E-state index < -0.39 is 137 Å². The number of nitrogens with one attached hydrogen (secondary N) is 1. The lowest BCUT2D eigenvalue weighted by Crippen LogP contribution is -2.66. The molecule has 17 atom stereocenters. The van der Waals surface area contributed by atoms with Crippen LogP contribution < -0.4 is 5.32 Å². The van der Waals surface area contributed by atoms with E-state index in [1.165, 1.54) is 161 Å². The van der Waals surface area contributed by atoms with E-state index in [0.717, 1.165) is 51.4 Å². The number of hydrogen-bond donors (Lipinski definition) is 12. The van der Waals surface area contributed by atoms with E-state index in [9.17, 15) is 61.0 Å². The number of unbranched alkanes of at least 4 members (excludes halogenated alkanes) is 28. The van der Waals surface area contributed by atoms with Crippen molar-refractivity contribution in [2.75, 3.05) is 26.4 Å². The Bertz CT molecular complexity index is 1920. The van der Waals surface area contributed by atoms with E-state index >= 15 is 0 Å². The Morgan fingerprint density at radius 3 is 1.16 bits per heavy atom. The molecule has 0 aromatic carbocycles. The summed E-state index contributed by atoms with van der Waals surface area (Å²) < 4.78 is 34.3. The van der Waals surface area contributed by atoms with Gasteiger partial charge in [0.25, 0.3) is 0 Å². The van der Waals surface area contributed by atoms with Gasteiger partial charge in [0, 0.05) is 6.42 Å². The van der Waals surface area contributed by atoms with E-state index in [1.807, 2.05) is 18.2 Å². The number of allylic oxidation sites excluding steroid dienone is 10. The third-order valence-electron chi connectivity index (χ3n) is 17.3. The van der Waals surface area contributed by atoms with Crippen molar-refractivity contribution in [1.29, 1.82) is 0 Å². The summed E-state index contributed by atoms with van der Waals surface area (Å²) in [6.45, 7) is 1.55. The molecule has 0 saturated carbocycles. The van der Waals surface area contributed by atoms with Crippen LogP contribution in [0, 0.1) is 0 Å². The number of hydrogen-bond acceptors (Lipinski definition) is 18. The minimum Gasteiger partial charge on any atom is -0.394 e. The van der Waals surface area contributed by atoms with Crippen molar-refractivity contribution < 1.29 is 89.4 Å². The second-order valence-corrected chi connectivity index (χ2v) is 25.0.